The molecule has 1 aliphatic carbocycles. The minimum absolute atomic E-state index is 0.0750. The maximum Gasteiger partial charge on any atom is 0.407 e. The van der Waals surface area contributed by atoms with Crippen LogP contribution in [0.25, 0.3) is 11.1 Å². The van der Waals surface area contributed by atoms with Crippen molar-refractivity contribution in [2.45, 2.75) is 32.2 Å². The van der Waals surface area contributed by atoms with Crippen molar-refractivity contribution < 1.29 is 19.4 Å². The van der Waals surface area contributed by atoms with Crippen molar-refractivity contribution in [3.05, 3.63) is 89.5 Å². The standard InChI is InChI=1S/C28H30N2O4/c1-3-30(4-2)20-15-13-19(14-16-20)17-26(27(31)32)29-28(33)34-18-25-23-11-7-5-9-21(23)22-10-6-8-12-24(22)25/h5-16,25-26H,3-4,17-18H2,1-2H3,(H,29,33)(H,31,32). The number of carbonyl (C=O) groups is 2. The Morgan fingerprint density at radius 3 is 2.00 bits per heavy atom. The Balaban J connectivity index is 1.39. The highest BCUT2D eigenvalue weighted by atomic mass is 16.5. The molecule has 1 atom stereocenters. The summed E-state index contributed by atoms with van der Waals surface area (Å²) in [6.07, 6.45) is -0.549. The molecule has 1 aliphatic rings. The van der Waals surface area contributed by atoms with E-state index >= 15 is 0 Å². The van der Waals surface area contributed by atoms with Crippen molar-refractivity contribution in [3.8, 4) is 11.1 Å². The quantitative estimate of drug-likeness (QED) is 0.468. The Morgan fingerprint density at radius 2 is 1.47 bits per heavy atom. The fourth-order valence-electron chi connectivity index (χ4n) is 4.65. The number of rotatable bonds is 9. The molecule has 0 aliphatic heterocycles. The van der Waals surface area contributed by atoms with E-state index in [1.165, 1.54) is 0 Å². The van der Waals surface area contributed by atoms with Crippen LogP contribution in [0, 0.1) is 0 Å². The summed E-state index contributed by atoms with van der Waals surface area (Å²) in [5.74, 6) is -1.17. The second-order valence-corrected chi connectivity index (χ2v) is 8.40. The number of alkyl carbamates (subject to hydrolysis) is 1. The highest BCUT2D eigenvalue weighted by Crippen LogP contribution is 2.44. The lowest BCUT2D eigenvalue weighted by Gasteiger charge is -2.21. The lowest BCUT2D eigenvalue weighted by Crippen LogP contribution is -2.42. The molecular weight excluding hydrogens is 428 g/mol. The molecule has 4 rings (SSSR count). The van der Waals surface area contributed by atoms with Crippen molar-refractivity contribution in [3.63, 3.8) is 0 Å². The topological polar surface area (TPSA) is 78.9 Å². The van der Waals surface area contributed by atoms with Crippen molar-refractivity contribution in [2.75, 3.05) is 24.6 Å². The average molecular weight is 459 g/mol. The fraction of sp³-hybridized carbons (Fsp3) is 0.286. The molecule has 0 spiro atoms. The van der Waals surface area contributed by atoms with Gasteiger partial charge in [0.25, 0.3) is 0 Å². The van der Waals surface area contributed by atoms with Gasteiger partial charge in [0, 0.05) is 31.1 Å². The first-order chi connectivity index (χ1) is 16.5. The van der Waals surface area contributed by atoms with Crippen molar-refractivity contribution in [1.29, 1.82) is 0 Å². The van der Waals surface area contributed by atoms with Gasteiger partial charge >= 0.3 is 12.1 Å². The smallest absolute Gasteiger partial charge is 0.407 e. The third kappa shape index (κ3) is 4.91. The van der Waals surface area contributed by atoms with Gasteiger partial charge in [0.1, 0.15) is 12.6 Å². The van der Waals surface area contributed by atoms with Crippen LogP contribution in [0.5, 0.6) is 0 Å². The van der Waals surface area contributed by atoms with E-state index in [2.05, 4.69) is 36.2 Å². The van der Waals surface area contributed by atoms with Crippen LogP contribution >= 0.6 is 0 Å². The number of hydrogen-bond acceptors (Lipinski definition) is 4. The van der Waals surface area contributed by atoms with Crippen LogP contribution in [0.2, 0.25) is 0 Å². The summed E-state index contributed by atoms with van der Waals surface area (Å²) in [6, 6.07) is 22.9. The molecule has 3 aromatic carbocycles. The Hall–Kier alpha value is -3.80. The molecule has 6 nitrogen and oxygen atoms in total. The molecule has 2 N–H and O–H groups in total. The normalized spacial score (nSPS) is 13.0. The number of ether oxygens (including phenoxy) is 1. The summed E-state index contributed by atoms with van der Waals surface area (Å²) < 4.78 is 5.52. The first-order valence-corrected chi connectivity index (χ1v) is 11.7. The van der Waals surface area contributed by atoms with E-state index in [-0.39, 0.29) is 18.9 Å². The van der Waals surface area contributed by atoms with E-state index in [0.717, 1.165) is 46.6 Å². The SMILES string of the molecule is CCN(CC)c1ccc(CC(NC(=O)OCC2c3ccccc3-c3ccccc32)C(=O)O)cc1. The molecular formula is C28H30N2O4. The largest absolute Gasteiger partial charge is 0.480 e. The molecule has 34 heavy (non-hydrogen) atoms. The second kappa shape index (κ2) is 10.4. The molecule has 1 amide bonds. The summed E-state index contributed by atoms with van der Waals surface area (Å²) in [5, 5.41) is 12.2. The van der Waals surface area contributed by atoms with E-state index in [4.69, 9.17) is 4.74 Å². The molecule has 0 bridgehead atoms. The number of anilines is 1. The lowest BCUT2D eigenvalue weighted by atomic mass is 9.98. The number of amides is 1. The molecule has 0 aromatic heterocycles. The molecule has 6 heteroatoms. The summed E-state index contributed by atoms with van der Waals surface area (Å²) in [4.78, 5) is 26.6. The number of aliphatic carboxylic acids is 1. The number of nitrogens with zero attached hydrogens (tertiary/aromatic N) is 1. The summed E-state index contributed by atoms with van der Waals surface area (Å²) in [5.41, 5.74) is 6.43. The molecule has 0 radical (unpaired) electrons. The molecule has 1 unspecified atom stereocenters. The average Bonchev–Trinajstić information content (AvgIpc) is 3.18. The molecule has 0 fully saturated rings. The van der Waals surface area contributed by atoms with Crippen molar-refractivity contribution >= 4 is 17.7 Å². The van der Waals surface area contributed by atoms with Crippen LogP contribution in [0.1, 0.15) is 36.5 Å². The highest BCUT2D eigenvalue weighted by molar-refractivity contribution is 5.81. The number of carboxylic acid groups (broad SMARTS) is 1. The van der Waals surface area contributed by atoms with Crippen LogP contribution in [-0.2, 0) is 16.0 Å². The zero-order valence-corrected chi connectivity index (χ0v) is 19.5. The Morgan fingerprint density at radius 1 is 0.912 bits per heavy atom. The summed E-state index contributed by atoms with van der Waals surface area (Å²) in [6.45, 7) is 6.13. The first-order valence-electron chi connectivity index (χ1n) is 11.7. The summed E-state index contributed by atoms with van der Waals surface area (Å²) in [7, 11) is 0. The van der Waals surface area contributed by atoms with Crippen LogP contribution in [-0.4, -0.2) is 42.9 Å². The zero-order valence-electron chi connectivity index (χ0n) is 19.5. The van der Waals surface area contributed by atoms with E-state index < -0.39 is 18.1 Å². The van der Waals surface area contributed by atoms with Gasteiger partial charge in [-0.2, -0.15) is 0 Å². The molecule has 176 valence electrons. The van der Waals surface area contributed by atoms with Gasteiger partial charge in [-0.05, 0) is 53.8 Å². The van der Waals surface area contributed by atoms with Gasteiger partial charge in [-0.15, -0.1) is 0 Å². The van der Waals surface area contributed by atoms with Crippen LogP contribution in [0.4, 0.5) is 10.5 Å². The lowest BCUT2D eigenvalue weighted by molar-refractivity contribution is -0.139. The Kier molecular flexibility index (Phi) is 7.16. The van der Waals surface area contributed by atoms with E-state index in [0.29, 0.717) is 0 Å². The second-order valence-electron chi connectivity index (χ2n) is 8.40. The van der Waals surface area contributed by atoms with Gasteiger partial charge in [-0.3, -0.25) is 0 Å². The Bertz CT molecular complexity index is 1110. The fourth-order valence-corrected chi connectivity index (χ4v) is 4.65. The van der Waals surface area contributed by atoms with E-state index in [1.807, 2.05) is 60.7 Å². The molecule has 0 saturated heterocycles. The highest BCUT2D eigenvalue weighted by Gasteiger charge is 2.29. The maximum absolute atomic E-state index is 12.5. The van der Waals surface area contributed by atoms with E-state index in [1.54, 1.807) is 0 Å². The number of fused-ring (bicyclic) bond motifs is 3. The first kappa shape index (κ1) is 23.4. The van der Waals surface area contributed by atoms with Gasteiger partial charge in [-0.1, -0.05) is 60.7 Å². The van der Waals surface area contributed by atoms with Crippen molar-refractivity contribution in [2.24, 2.45) is 0 Å². The van der Waals surface area contributed by atoms with Gasteiger partial charge < -0.3 is 20.1 Å². The predicted molar refractivity (Wildman–Crippen MR) is 133 cm³/mol. The predicted octanol–water partition coefficient (Wildman–Crippen LogP) is 5.07. The van der Waals surface area contributed by atoms with Crippen LogP contribution < -0.4 is 10.2 Å². The number of hydrogen-bond donors (Lipinski definition) is 2. The van der Waals surface area contributed by atoms with Gasteiger partial charge in [0.15, 0.2) is 0 Å². The third-order valence-electron chi connectivity index (χ3n) is 6.44. The van der Waals surface area contributed by atoms with Gasteiger partial charge in [0.2, 0.25) is 0 Å². The monoisotopic (exact) mass is 458 g/mol. The minimum Gasteiger partial charge on any atom is -0.480 e. The number of carbonyl (C=O) groups excluding carboxylic acids is 1. The number of nitrogens with one attached hydrogen (secondary N) is 1. The zero-order chi connectivity index (χ0) is 24.1. The summed E-state index contributed by atoms with van der Waals surface area (Å²) >= 11 is 0. The van der Waals surface area contributed by atoms with Crippen molar-refractivity contribution in [1.82, 2.24) is 5.32 Å². The van der Waals surface area contributed by atoms with E-state index in [9.17, 15) is 14.7 Å². The minimum atomic E-state index is -1.10. The maximum atomic E-state index is 12.5. The van der Waals surface area contributed by atoms with Gasteiger partial charge in [0.05, 0.1) is 0 Å². The molecule has 0 heterocycles. The number of benzene rings is 3. The van der Waals surface area contributed by atoms with Crippen LogP contribution in [0.3, 0.4) is 0 Å². The Labute approximate surface area is 200 Å². The van der Waals surface area contributed by atoms with Gasteiger partial charge in [-0.25, -0.2) is 9.59 Å². The third-order valence-corrected chi connectivity index (χ3v) is 6.44. The number of carboxylic acids is 1. The van der Waals surface area contributed by atoms with Crippen LogP contribution in [0.15, 0.2) is 72.8 Å². The molecule has 3 aromatic rings. The molecule has 0 saturated carbocycles.